The highest BCUT2D eigenvalue weighted by Gasteiger charge is 2.64. The number of rotatable bonds is 2. The quantitative estimate of drug-likeness (QED) is 0.691. The normalized spacial score (nSPS) is 52.0. The van der Waals surface area contributed by atoms with Gasteiger partial charge in [-0.25, -0.2) is 0 Å². The average Bonchev–Trinajstić information content (AvgIpc) is 2.89. The molecule has 5 unspecified atom stereocenters. The van der Waals surface area contributed by atoms with Crippen LogP contribution >= 0.6 is 0 Å². The molecule has 0 aliphatic heterocycles. The molecule has 0 amide bonds. The van der Waals surface area contributed by atoms with Crippen LogP contribution in [0.4, 0.5) is 0 Å². The summed E-state index contributed by atoms with van der Waals surface area (Å²) in [6, 6.07) is 0. The third kappa shape index (κ3) is 2.16. The molecule has 0 saturated heterocycles. The summed E-state index contributed by atoms with van der Waals surface area (Å²) in [5.74, 6) is 2.65. The second-order valence-corrected chi connectivity index (χ2v) is 10.1. The van der Waals surface area contributed by atoms with Gasteiger partial charge in [-0.2, -0.15) is 0 Å². The largest absolute Gasteiger partial charge is 0.393 e. The Morgan fingerprint density at radius 1 is 1.16 bits per heavy atom. The molecule has 0 heterocycles. The van der Waals surface area contributed by atoms with Gasteiger partial charge in [-0.1, -0.05) is 32.4 Å². The molecule has 25 heavy (non-hydrogen) atoms. The van der Waals surface area contributed by atoms with Crippen LogP contribution in [0, 0.1) is 34.0 Å². The van der Waals surface area contributed by atoms with Gasteiger partial charge in [0.05, 0.1) is 6.10 Å². The lowest BCUT2D eigenvalue weighted by Gasteiger charge is -2.59. The van der Waals surface area contributed by atoms with E-state index in [-0.39, 0.29) is 16.9 Å². The van der Waals surface area contributed by atoms with Crippen LogP contribution in [-0.2, 0) is 4.79 Å². The highest BCUT2D eigenvalue weighted by atomic mass is 16.3. The Hall–Kier alpha value is -0.630. The summed E-state index contributed by atoms with van der Waals surface area (Å²) in [5, 5.41) is 10.1. The highest BCUT2D eigenvalue weighted by molar-refractivity contribution is 5.83. The Bertz CT molecular complexity index is 607. The molecule has 7 atom stereocenters. The van der Waals surface area contributed by atoms with Crippen molar-refractivity contribution >= 4 is 5.78 Å². The fourth-order valence-corrected chi connectivity index (χ4v) is 8.18. The molecule has 0 aromatic heterocycles. The molecular formula is C23H36O2. The van der Waals surface area contributed by atoms with Crippen LogP contribution in [0.1, 0.15) is 85.5 Å². The molecule has 0 aromatic rings. The summed E-state index contributed by atoms with van der Waals surface area (Å²) in [6.07, 6.45) is 12.4. The summed E-state index contributed by atoms with van der Waals surface area (Å²) in [7, 11) is 0. The van der Waals surface area contributed by atoms with Gasteiger partial charge in [0.25, 0.3) is 0 Å². The summed E-state index contributed by atoms with van der Waals surface area (Å²) in [5.41, 5.74) is 1.97. The minimum atomic E-state index is -0.123. The average molecular weight is 345 g/mol. The second kappa shape index (κ2) is 5.68. The van der Waals surface area contributed by atoms with E-state index in [9.17, 15) is 9.90 Å². The van der Waals surface area contributed by atoms with Gasteiger partial charge in [-0.3, -0.25) is 4.79 Å². The fraction of sp³-hybridized carbons (Fsp3) is 0.870. The maximum Gasteiger partial charge on any atom is 0.136 e. The molecule has 0 aromatic carbocycles. The monoisotopic (exact) mass is 344 g/mol. The first-order valence-corrected chi connectivity index (χ1v) is 10.7. The van der Waals surface area contributed by atoms with Crippen molar-refractivity contribution in [3.63, 3.8) is 0 Å². The third-order valence-corrected chi connectivity index (χ3v) is 9.72. The summed E-state index contributed by atoms with van der Waals surface area (Å²) < 4.78 is 0. The lowest BCUT2D eigenvalue weighted by atomic mass is 9.45. The predicted molar refractivity (Wildman–Crippen MR) is 101 cm³/mol. The zero-order valence-electron chi connectivity index (χ0n) is 16.6. The number of fused-ring (bicyclic) bond motifs is 5. The molecule has 140 valence electrons. The van der Waals surface area contributed by atoms with Crippen molar-refractivity contribution in [1.29, 1.82) is 0 Å². The van der Waals surface area contributed by atoms with E-state index in [0.29, 0.717) is 17.1 Å². The van der Waals surface area contributed by atoms with Crippen LogP contribution in [0.3, 0.4) is 0 Å². The van der Waals surface area contributed by atoms with E-state index in [4.69, 9.17) is 0 Å². The van der Waals surface area contributed by atoms with Gasteiger partial charge in [0, 0.05) is 5.41 Å². The lowest BCUT2D eigenvalue weighted by molar-refractivity contribution is -0.140. The number of aliphatic hydroxyl groups excluding tert-OH is 1. The molecule has 2 heteroatoms. The second-order valence-electron chi connectivity index (χ2n) is 10.1. The van der Waals surface area contributed by atoms with Gasteiger partial charge in [0.2, 0.25) is 0 Å². The van der Waals surface area contributed by atoms with Gasteiger partial charge in [-0.05, 0) is 93.3 Å². The zero-order valence-corrected chi connectivity index (χ0v) is 16.6. The maximum absolute atomic E-state index is 12.7. The van der Waals surface area contributed by atoms with Crippen molar-refractivity contribution in [2.75, 3.05) is 0 Å². The van der Waals surface area contributed by atoms with Crippen molar-refractivity contribution < 1.29 is 9.90 Å². The number of carbonyl (C=O) groups excluding carboxylic acids is 1. The standard InChI is InChI=1S/C23H36O2/c1-5-23(15(2)24)13-10-20-18-7-6-16-14-17(25)8-11-21(16,3)19(18)9-12-22(20,23)4/h6,17-20,25H,5,7-14H2,1-4H3/t17?,18?,19?,20?,21-,22?,23+/m0/s1. The van der Waals surface area contributed by atoms with Crippen molar-refractivity contribution in [2.24, 2.45) is 34.0 Å². The Kier molecular flexibility index (Phi) is 4.04. The van der Waals surface area contributed by atoms with E-state index in [1.54, 1.807) is 5.57 Å². The first-order valence-electron chi connectivity index (χ1n) is 10.7. The summed E-state index contributed by atoms with van der Waals surface area (Å²) >= 11 is 0. The van der Waals surface area contributed by atoms with Gasteiger partial charge in [-0.15, -0.1) is 0 Å². The summed E-state index contributed by atoms with van der Waals surface area (Å²) in [4.78, 5) is 12.7. The van der Waals surface area contributed by atoms with E-state index in [2.05, 4.69) is 26.8 Å². The van der Waals surface area contributed by atoms with Gasteiger partial charge in [0.15, 0.2) is 0 Å². The van der Waals surface area contributed by atoms with Gasteiger partial charge < -0.3 is 5.11 Å². The molecule has 4 aliphatic carbocycles. The van der Waals surface area contributed by atoms with Crippen molar-refractivity contribution in [3.8, 4) is 0 Å². The van der Waals surface area contributed by atoms with Crippen LogP contribution in [0.25, 0.3) is 0 Å². The number of ketones is 1. The fourth-order valence-electron chi connectivity index (χ4n) is 8.18. The summed E-state index contributed by atoms with van der Waals surface area (Å²) in [6.45, 7) is 9.03. The van der Waals surface area contributed by atoms with E-state index in [1.807, 2.05) is 6.92 Å². The number of hydrogen-bond donors (Lipinski definition) is 1. The smallest absolute Gasteiger partial charge is 0.136 e. The number of aliphatic hydroxyl groups is 1. The van der Waals surface area contributed by atoms with Crippen LogP contribution in [0.5, 0.6) is 0 Å². The van der Waals surface area contributed by atoms with Crippen LogP contribution < -0.4 is 0 Å². The van der Waals surface area contributed by atoms with Crippen molar-refractivity contribution in [2.45, 2.75) is 91.6 Å². The predicted octanol–water partition coefficient (Wildman–Crippen LogP) is 5.30. The minimum absolute atomic E-state index is 0.0731. The van der Waals surface area contributed by atoms with Crippen LogP contribution in [0.15, 0.2) is 11.6 Å². The number of hydrogen-bond acceptors (Lipinski definition) is 2. The maximum atomic E-state index is 12.7. The molecule has 3 saturated carbocycles. The Balaban J connectivity index is 1.70. The van der Waals surface area contributed by atoms with Gasteiger partial charge in [0.1, 0.15) is 5.78 Å². The molecule has 2 nitrogen and oxygen atoms in total. The molecular weight excluding hydrogens is 308 g/mol. The molecule has 0 radical (unpaired) electrons. The first-order chi connectivity index (χ1) is 11.8. The van der Waals surface area contributed by atoms with E-state index in [1.165, 1.54) is 25.7 Å². The molecule has 4 rings (SSSR count). The number of carbonyl (C=O) groups is 1. The topological polar surface area (TPSA) is 37.3 Å². The molecule has 3 fully saturated rings. The Morgan fingerprint density at radius 3 is 2.56 bits per heavy atom. The number of allylic oxidation sites excluding steroid dienone is 1. The molecule has 1 N–H and O–H groups in total. The molecule has 4 aliphatic rings. The van der Waals surface area contributed by atoms with Gasteiger partial charge >= 0.3 is 0 Å². The van der Waals surface area contributed by atoms with Crippen molar-refractivity contribution in [3.05, 3.63) is 11.6 Å². The lowest BCUT2D eigenvalue weighted by Crippen LogP contribution is -2.53. The van der Waals surface area contributed by atoms with E-state index in [0.717, 1.165) is 43.9 Å². The van der Waals surface area contributed by atoms with E-state index < -0.39 is 0 Å². The Morgan fingerprint density at radius 2 is 1.88 bits per heavy atom. The van der Waals surface area contributed by atoms with Crippen molar-refractivity contribution in [1.82, 2.24) is 0 Å². The van der Waals surface area contributed by atoms with E-state index >= 15 is 0 Å². The minimum Gasteiger partial charge on any atom is -0.393 e. The number of Topliss-reactive ketones (excluding diaryl/α,β-unsaturated/α-hetero) is 1. The first kappa shape index (κ1) is 17.8. The molecule has 0 spiro atoms. The Labute approximate surface area is 153 Å². The zero-order chi connectivity index (χ0) is 18.0. The molecule has 0 bridgehead atoms. The van der Waals surface area contributed by atoms with Crippen LogP contribution in [0.2, 0.25) is 0 Å². The van der Waals surface area contributed by atoms with Crippen LogP contribution in [-0.4, -0.2) is 17.0 Å². The SMILES string of the molecule is CC[C@]1(C(C)=O)CCC2C3CC=C4CC(O)CC[C@]4(C)C3CCC21C. The highest BCUT2D eigenvalue weighted by Crippen LogP contribution is 2.70. The third-order valence-electron chi connectivity index (χ3n) is 9.72.